The quantitative estimate of drug-likeness (QED) is 0.364. The van der Waals surface area contributed by atoms with Gasteiger partial charge < -0.3 is 14.6 Å². The Bertz CT molecular complexity index is 1200. The van der Waals surface area contributed by atoms with Gasteiger partial charge in [0.2, 0.25) is 0 Å². The summed E-state index contributed by atoms with van der Waals surface area (Å²) in [5.41, 5.74) is 0.871. The standard InChI is InChI=1S/C16H21NO2S.C15H19NO4S/c1-5-13-11-20-14(12-9-7-6-8-10-12)17(13)15(18)19-16(2,3)4;1-15(2,3)20-14(19)16-11(13(17)18)9-21-12(16)10-7-5-4-6-8-10/h5-10,13-14H,1,11H2,2-4H3;4-8,11-12H,9H2,1-3H3,(H,17,18)/t13-,14-;11-,12+/m10/s1. The number of carbonyl (C=O) groups excluding carboxylic acids is 2. The van der Waals surface area contributed by atoms with E-state index >= 15 is 0 Å². The van der Waals surface area contributed by atoms with Crippen molar-refractivity contribution in [3.8, 4) is 0 Å². The number of carboxylic acid groups (broad SMARTS) is 1. The van der Waals surface area contributed by atoms with Gasteiger partial charge in [0, 0.05) is 11.5 Å². The van der Waals surface area contributed by atoms with Crippen molar-refractivity contribution < 1.29 is 29.0 Å². The van der Waals surface area contributed by atoms with Crippen molar-refractivity contribution in [1.29, 1.82) is 0 Å². The van der Waals surface area contributed by atoms with E-state index in [4.69, 9.17) is 9.47 Å². The summed E-state index contributed by atoms with van der Waals surface area (Å²) in [6.45, 7) is 14.8. The molecule has 0 aliphatic carbocycles. The zero-order valence-electron chi connectivity index (χ0n) is 24.5. The Morgan fingerprint density at radius 1 is 0.780 bits per heavy atom. The van der Waals surface area contributed by atoms with Crippen LogP contribution < -0.4 is 0 Å². The maximum Gasteiger partial charge on any atom is 0.412 e. The van der Waals surface area contributed by atoms with Gasteiger partial charge in [0.15, 0.2) is 0 Å². The molecule has 2 heterocycles. The highest BCUT2D eigenvalue weighted by Gasteiger charge is 2.44. The lowest BCUT2D eigenvalue weighted by Crippen LogP contribution is -2.45. The third kappa shape index (κ3) is 8.94. The highest BCUT2D eigenvalue weighted by molar-refractivity contribution is 8.00. The van der Waals surface area contributed by atoms with Gasteiger partial charge in [-0.25, -0.2) is 14.4 Å². The van der Waals surface area contributed by atoms with Crippen molar-refractivity contribution >= 4 is 41.7 Å². The van der Waals surface area contributed by atoms with Gasteiger partial charge in [-0.1, -0.05) is 66.7 Å². The molecule has 2 aromatic carbocycles. The van der Waals surface area contributed by atoms with E-state index in [-0.39, 0.29) is 22.9 Å². The molecule has 222 valence electrons. The number of rotatable bonds is 4. The molecular weight excluding hydrogens is 560 g/mol. The van der Waals surface area contributed by atoms with Gasteiger partial charge in [-0.3, -0.25) is 9.80 Å². The smallest absolute Gasteiger partial charge is 0.412 e. The lowest BCUT2D eigenvalue weighted by Gasteiger charge is -2.31. The molecule has 2 aliphatic heterocycles. The van der Waals surface area contributed by atoms with E-state index in [0.29, 0.717) is 5.75 Å². The normalized spacial score (nSPS) is 22.4. The van der Waals surface area contributed by atoms with Crippen LogP contribution in [0, 0.1) is 0 Å². The van der Waals surface area contributed by atoms with E-state index < -0.39 is 29.3 Å². The summed E-state index contributed by atoms with van der Waals surface area (Å²) in [4.78, 5) is 39.4. The average Bonchev–Trinajstić information content (AvgIpc) is 3.53. The molecule has 2 amide bonds. The Balaban J connectivity index is 0.000000226. The highest BCUT2D eigenvalue weighted by atomic mass is 32.2. The first-order valence-electron chi connectivity index (χ1n) is 13.4. The Kier molecular flexibility index (Phi) is 10.8. The Hall–Kier alpha value is -3.11. The Morgan fingerprint density at radius 2 is 1.20 bits per heavy atom. The number of benzene rings is 2. The maximum absolute atomic E-state index is 12.5. The van der Waals surface area contributed by atoms with E-state index in [1.807, 2.05) is 87.5 Å². The third-order valence-corrected chi connectivity index (χ3v) is 8.64. The molecule has 4 atom stereocenters. The van der Waals surface area contributed by atoms with Gasteiger partial charge in [0.05, 0.1) is 6.04 Å². The third-order valence-electron chi connectivity index (χ3n) is 5.97. The zero-order valence-corrected chi connectivity index (χ0v) is 26.1. The van der Waals surface area contributed by atoms with E-state index in [1.54, 1.807) is 37.4 Å². The molecule has 0 saturated carbocycles. The number of hydrogen-bond donors (Lipinski definition) is 1. The summed E-state index contributed by atoms with van der Waals surface area (Å²) >= 11 is 3.18. The summed E-state index contributed by atoms with van der Waals surface area (Å²) in [5, 5.41) is 9.00. The summed E-state index contributed by atoms with van der Waals surface area (Å²) < 4.78 is 10.9. The lowest BCUT2D eigenvalue weighted by molar-refractivity contribution is -0.142. The van der Waals surface area contributed by atoms with E-state index in [0.717, 1.165) is 16.9 Å². The zero-order chi connectivity index (χ0) is 30.4. The predicted molar refractivity (Wildman–Crippen MR) is 165 cm³/mol. The predicted octanol–water partition coefficient (Wildman–Crippen LogP) is 7.35. The average molecular weight is 601 g/mol. The summed E-state index contributed by atoms with van der Waals surface area (Å²) in [6.07, 6.45) is 0.954. The van der Waals surface area contributed by atoms with Gasteiger partial charge >= 0.3 is 18.2 Å². The number of thioether (sulfide) groups is 2. The number of aliphatic carboxylic acids is 1. The molecule has 0 spiro atoms. The number of ether oxygens (including phenoxy) is 2. The van der Waals surface area contributed by atoms with E-state index in [2.05, 4.69) is 6.58 Å². The number of carbonyl (C=O) groups is 3. The van der Waals surface area contributed by atoms with Crippen LogP contribution >= 0.6 is 23.5 Å². The first kappa shape index (κ1) is 32.4. The van der Waals surface area contributed by atoms with Crippen molar-refractivity contribution in [2.75, 3.05) is 11.5 Å². The molecule has 0 radical (unpaired) electrons. The fraction of sp³-hybridized carbons (Fsp3) is 0.452. The Morgan fingerprint density at radius 3 is 1.61 bits per heavy atom. The fourth-order valence-electron chi connectivity index (χ4n) is 4.23. The fourth-order valence-corrected chi connectivity index (χ4v) is 7.07. The van der Waals surface area contributed by atoms with Crippen LogP contribution in [0.4, 0.5) is 9.59 Å². The van der Waals surface area contributed by atoms with E-state index in [1.165, 1.54) is 16.7 Å². The molecule has 2 fully saturated rings. The first-order chi connectivity index (χ1) is 19.2. The van der Waals surface area contributed by atoms with Gasteiger partial charge in [-0.15, -0.1) is 30.1 Å². The first-order valence-corrected chi connectivity index (χ1v) is 15.5. The van der Waals surface area contributed by atoms with Crippen LogP contribution in [0.15, 0.2) is 73.3 Å². The van der Waals surface area contributed by atoms with Crippen molar-refractivity contribution in [1.82, 2.24) is 9.80 Å². The van der Waals surface area contributed by atoms with Gasteiger partial charge in [0.25, 0.3) is 0 Å². The molecule has 0 unspecified atom stereocenters. The molecule has 10 heteroatoms. The van der Waals surface area contributed by atoms with Crippen LogP contribution in [0.2, 0.25) is 0 Å². The van der Waals surface area contributed by atoms with Crippen LogP contribution in [0.1, 0.15) is 63.4 Å². The molecule has 41 heavy (non-hydrogen) atoms. The second-order valence-electron chi connectivity index (χ2n) is 11.6. The summed E-state index contributed by atoms with van der Waals surface area (Å²) in [5.74, 6) is 0.197. The molecular formula is C31H40N2O6S2. The Labute approximate surface area is 251 Å². The maximum atomic E-state index is 12.5. The molecule has 2 aliphatic rings. The monoisotopic (exact) mass is 600 g/mol. The summed E-state index contributed by atoms with van der Waals surface area (Å²) in [7, 11) is 0. The van der Waals surface area contributed by atoms with Crippen LogP contribution in [0.3, 0.4) is 0 Å². The van der Waals surface area contributed by atoms with Gasteiger partial charge in [-0.05, 0) is 52.7 Å². The number of carboxylic acids is 1. The number of amides is 2. The second kappa shape index (κ2) is 13.7. The van der Waals surface area contributed by atoms with Gasteiger partial charge in [0.1, 0.15) is 28.0 Å². The SMILES string of the molecule is C=C[C@@H]1CS[C@H](c2ccccc2)N1C(=O)OC(C)(C)C.CC(C)(C)OC(=O)N1[C@@H](c2ccccc2)SC[C@H]1C(=O)O. The minimum absolute atomic E-state index is 0.00551. The highest BCUT2D eigenvalue weighted by Crippen LogP contribution is 2.43. The topological polar surface area (TPSA) is 96.4 Å². The van der Waals surface area contributed by atoms with Gasteiger partial charge in [-0.2, -0.15) is 0 Å². The molecule has 2 aromatic rings. The van der Waals surface area contributed by atoms with E-state index in [9.17, 15) is 19.5 Å². The van der Waals surface area contributed by atoms with Crippen molar-refractivity contribution in [2.24, 2.45) is 0 Å². The van der Waals surface area contributed by atoms with Crippen LogP contribution in [-0.4, -0.2) is 67.9 Å². The summed E-state index contributed by atoms with van der Waals surface area (Å²) in [6, 6.07) is 18.6. The molecule has 2 saturated heterocycles. The molecule has 1 N–H and O–H groups in total. The molecule has 4 rings (SSSR count). The van der Waals surface area contributed by atoms with Crippen LogP contribution in [0.25, 0.3) is 0 Å². The molecule has 0 aromatic heterocycles. The molecule has 0 bridgehead atoms. The number of nitrogens with zero attached hydrogens (tertiary/aromatic N) is 2. The lowest BCUT2D eigenvalue weighted by atomic mass is 10.2. The van der Waals surface area contributed by atoms with Crippen LogP contribution in [-0.2, 0) is 14.3 Å². The van der Waals surface area contributed by atoms with Crippen molar-refractivity contribution in [2.45, 2.75) is 75.6 Å². The van der Waals surface area contributed by atoms with Crippen molar-refractivity contribution in [3.05, 3.63) is 84.4 Å². The number of hydrogen-bond acceptors (Lipinski definition) is 7. The van der Waals surface area contributed by atoms with Crippen LogP contribution in [0.5, 0.6) is 0 Å². The minimum atomic E-state index is -1.01. The minimum Gasteiger partial charge on any atom is -0.480 e. The molecule has 8 nitrogen and oxygen atoms in total. The second-order valence-corrected chi connectivity index (χ2v) is 13.9. The van der Waals surface area contributed by atoms with Crippen molar-refractivity contribution in [3.63, 3.8) is 0 Å². The largest absolute Gasteiger partial charge is 0.480 e.